The van der Waals surface area contributed by atoms with E-state index >= 15 is 0 Å². The van der Waals surface area contributed by atoms with Crippen LogP contribution in [0.4, 0.5) is 5.69 Å². The van der Waals surface area contributed by atoms with Crippen LogP contribution in [0.25, 0.3) is 0 Å². The largest absolute Gasteiger partial charge is 0.497 e. The molecule has 0 bridgehead atoms. The zero-order valence-corrected chi connectivity index (χ0v) is 13.4. The molecule has 1 atom stereocenters. The van der Waals surface area contributed by atoms with Crippen LogP contribution in [-0.2, 0) is 11.2 Å². The van der Waals surface area contributed by atoms with Crippen LogP contribution >= 0.6 is 0 Å². The summed E-state index contributed by atoms with van der Waals surface area (Å²) < 4.78 is 5.30. The van der Waals surface area contributed by atoms with Gasteiger partial charge in [0.2, 0.25) is 5.91 Å². The third-order valence-corrected chi connectivity index (χ3v) is 4.36. The number of ether oxygens (including phenoxy) is 1. The lowest BCUT2D eigenvalue weighted by Gasteiger charge is -2.25. The molecule has 1 amide bonds. The summed E-state index contributed by atoms with van der Waals surface area (Å²) >= 11 is 0. The van der Waals surface area contributed by atoms with Crippen molar-refractivity contribution >= 4 is 11.6 Å². The van der Waals surface area contributed by atoms with Crippen molar-refractivity contribution in [2.24, 2.45) is 0 Å². The molecule has 0 aliphatic carbocycles. The number of hydrogen-bond acceptors (Lipinski definition) is 3. The summed E-state index contributed by atoms with van der Waals surface area (Å²) in [5, 5.41) is 0. The Kier molecular flexibility index (Phi) is 4.51. The van der Waals surface area contributed by atoms with Crippen LogP contribution in [0.3, 0.4) is 0 Å². The van der Waals surface area contributed by atoms with Crippen LogP contribution in [0.5, 0.6) is 5.75 Å². The molecule has 2 aromatic carbocycles. The lowest BCUT2D eigenvalue weighted by molar-refractivity contribution is -0.131. The predicted molar refractivity (Wildman–Crippen MR) is 91.2 cm³/mol. The number of hydrogen-bond donors (Lipinski definition) is 1. The first-order valence-corrected chi connectivity index (χ1v) is 7.95. The fourth-order valence-corrected chi connectivity index (χ4v) is 3.24. The number of methoxy groups -OCH3 is 1. The molecule has 1 saturated heterocycles. The second-order valence-electron chi connectivity index (χ2n) is 5.94. The maximum atomic E-state index is 12.7. The molecule has 0 radical (unpaired) electrons. The Morgan fingerprint density at radius 3 is 2.87 bits per heavy atom. The summed E-state index contributed by atoms with van der Waals surface area (Å²) in [5.41, 5.74) is 8.60. The second-order valence-corrected chi connectivity index (χ2v) is 5.94. The first kappa shape index (κ1) is 15.4. The van der Waals surface area contributed by atoms with Gasteiger partial charge in [-0.15, -0.1) is 0 Å². The number of amides is 1. The van der Waals surface area contributed by atoms with Crippen molar-refractivity contribution < 1.29 is 9.53 Å². The minimum absolute atomic E-state index is 0.138. The van der Waals surface area contributed by atoms with Crippen LogP contribution in [0.1, 0.15) is 30.0 Å². The van der Waals surface area contributed by atoms with Gasteiger partial charge in [-0.1, -0.05) is 24.3 Å². The van der Waals surface area contributed by atoms with Gasteiger partial charge in [0, 0.05) is 12.2 Å². The highest BCUT2D eigenvalue weighted by Crippen LogP contribution is 2.33. The summed E-state index contributed by atoms with van der Waals surface area (Å²) in [4.78, 5) is 14.7. The standard InChI is InChI=1S/C19H22N2O2/c1-23-17-8-3-6-15(13-17)18-9-4-10-21(18)19(22)12-14-5-2-7-16(20)11-14/h2-3,5-8,11,13,18H,4,9-10,12,20H2,1H3. The molecule has 1 heterocycles. The molecule has 0 aromatic heterocycles. The summed E-state index contributed by atoms with van der Waals surface area (Å²) in [7, 11) is 1.66. The van der Waals surface area contributed by atoms with Crippen LogP contribution < -0.4 is 10.5 Å². The van der Waals surface area contributed by atoms with E-state index in [4.69, 9.17) is 10.5 Å². The van der Waals surface area contributed by atoms with Crippen molar-refractivity contribution in [3.63, 3.8) is 0 Å². The van der Waals surface area contributed by atoms with Gasteiger partial charge in [-0.2, -0.15) is 0 Å². The fourth-order valence-electron chi connectivity index (χ4n) is 3.24. The molecule has 4 nitrogen and oxygen atoms in total. The van der Waals surface area contributed by atoms with E-state index in [2.05, 4.69) is 6.07 Å². The van der Waals surface area contributed by atoms with E-state index in [1.54, 1.807) is 7.11 Å². The van der Waals surface area contributed by atoms with Crippen LogP contribution in [0, 0.1) is 0 Å². The van der Waals surface area contributed by atoms with Gasteiger partial charge >= 0.3 is 0 Å². The number of benzene rings is 2. The maximum Gasteiger partial charge on any atom is 0.227 e. The Bertz CT molecular complexity index is 699. The van der Waals surface area contributed by atoms with Gasteiger partial charge in [0.15, 0.2) is 0 Å². The molecule has 23 heavy (non-hydrogen) atoms. The van der Waals surface area contributed by atoms with Crippen molar-refractivity contribution in [2.75, 3.05) is 19.4 Å². The number of nitrogen functional groups attached to an aromatic ring is 1. The number of anilines is 1. The number of nitrogens with two attached hydrogens (primary N) is 1. The Labute approximate surface area is 136 Å². The molecule has 2 N–H and O–H groups in total. The van der Waals surface area contributed by atoms with E-state index in [1.807, 2.05) is 47.4 Å². The number of likely N-dealkylation sites (tertiary alicyclic amines) is 1. The summed E-state index contributed by atoms with van der Waals surface area (Å²) in [6.45, 7) is 0.809. The maximum absolute atomic E-state index is 12.7. The average Bonchev–Trinajstić information content (AvgIpc) is 3.05. The fraction of sp³-hybridized carbons (Fsp3) is 0.316. The minimum Gasteiger partial charge on any atom is -0.497 e. The van der Waals surface area contributed by atoms with E-state index in [-0.39, 0.29) is 11.9 Å². The molecule has 120 valence electrons. The van der Waals surface area contributed by atoms with Crippen molar-refractivity contribution in [1.29, 1.82) is 0 Å². The summed E-state index contributed by atoms with van der Waals surface area (Å²) in [6, 6.07) is 15.7. The lowest BCUT2D eigenvalue weighted by Crippen LogP contribution is -2.31. The highest BCUT2D eigenvalue weighted by Gasteiger charge is 2.29. The molecule has 1 aliphatic rings. The van der Waals surface area contributed by atoms with E-state index in [1.165, 1.54) is 0 Å². The van der Waals surface area contributed by atoms with Gasteiger partial charge in [-0.3, -0.25) is 4.79 Å². The number of carbonyl (C=O) groups excluding carboxylic acids is 1. The number of nitrogens with zero attached hydrogens (tertiary/aromatic N) is 1. The van der Waals surface area contributed by atoms with Gasteiger partial charge < -0.3 is 15.4 Å². The molecule has 0 saturated carbocycles. The van der Waals surface area contributed by atoms with Crippen LogP contribution in [-0.4, -0.2) is 24.5 Å². The molecule has 1 fully saturated rings. The van der Waals surface area contributed by atoms with Gasteiger partial charge in [0.25, 0.3) is 0 Å². The highest BCUT2D eigenvalue weighted by molar-refractivity contribution is 5.80. The second kappa shape index (κ2) is 6.73. The van der Waals surface area contributed by atoms with Gasteiger partial charge in [-0.25, -0.2) is 0 Å². The highest BCUT2D eigenvalue weighted by atomic mass is 16.5. The number of carbonyl (C=O) groups is 1. The predicted octanol–water partition coefficient (Wildman–Crippen LogP) is 3.18. The van der Waals surface area contributed by atoms with Crippen molar-refractivity contribution in [3.05, 3.63) is 59.7 Å². The molecule has 2 aromatic rings. The summed E-state index contributed by atoms with van der Waals surface area (Å²) in [5.74, 6) is 0.985. The van der Waals surface area contributed by atoms with Crippen molar-refractivity contribution in [2.45, 2.75) is 25.3 Å². The average molecular weight is 310 g/mol. The zero-order chi connectivity index (χ0) is 16.2. The lowest BCUT2D eigenvalue weighted by atomic mass is 10.0. The SMILES string of the molecule is COc1cccc(C2CCCN2C(=O)Cc2cccc(N)c2)c1. The molecule has 1 unspecified atom stereocenters. The topological polar surface area (TPSA) is 55.6 Å². The first-order chi connectivity index (χ1) is 11.2. The Morgan fingerprint density at radius 2 is 2.09 bits per heavy atom. The Morgan fingerprint density at radius 1 is 1.26 bits per heavy atom. The van der Waals surface area contributed by atoms with E-state index < -0.39 is 0 Å². The van der Waals surface area contributed by atoms with Crippen LogP contribution in [0.2, 0.25) is 0 Å². The van der Waals surface area contributed by atoms with Crippen molar-refractivity contribution in [3.8, 4) is 5.75 Å². The van der Waals surface area contributed by atoms with Gasteiger partial charge in [-0.05, 0) is 48.2 Å². The first-order valence-electron chi connectivity index (χ1n) is 7.95. The third-order valence-electron chi connectivity index (χ3n) is 4.36. The molecular weight excluding hydrogens is 288 g/mol. The third kappa shape index (κ3) is 3.47. The number of rotatable bonds is 4. The molecular formula is C19H22N2O2. The quantitative estimate of drug-likeness (QED) is 0.882. The van der Waals surface area contributed by atoms with Crippen molar-refractivity contribution in [1.82, 2.24) is 4.90 Å². The van der Waals surface area contributed by atoms with Gasteiger partial charge in [0.1, 0.15) is 5.75 Å². The Hall–Kier alpha value is -2.49. The van der Waals surface area contributed by atoms with Crippen LogP contribution in [0.15, 0.2) is 48.5 Å². The van der Waals surface area contributed by atoms with E-state index in [0.717, 1.165) is 36.3 Å². The normalized spacial score (nSPS) is 17.3. The zero-order valence-electron chi connectivity index (χ0n) is 13.4. The molecule has 4 heteroatoms. The molecule has 3 rings (SSSR count). The Balaban J connectivity index is 1.76. The molecule has 0 spiro atoms. The minimum atomic E-state index is 0.138. The summed E-state index contributed by atoms with van der Waals surface area (Å²) in [6.07, 6.45) is 2.42. The monoisotopic (exact) mass is 310 g/mol. The van der Waals surface area contributed by atoms with E-state index in [0.29, 0.717) is 12.1 Å². The van der Waals surface area contributed by atoms with Gasteiger partial charge in [0.05, 0.1) is 19.6 Å². The van der Waals surface area contributed by atoms with E-state index in [9.17, 15) is 4.79 Å². The molecule has 1 aliphatic heterocycles. The smallest absolute Gasteiger partial charge is 0.227 e.